The lowest BCUT2D eigenvalue weighted by Crippen LogP contribution is -2.28. The van der Waals surface area contributed by atoms with E-state index in [1.807, 2.05) is 7.05 Å². The van der Waals surface area contributed by atoms with Crippen molar-refractivity contribution in [1.29, 1.82) is 0 Å². The minimum Gasteiger partial charge on any atom is -0.317 e. The van der Waals surface area contributed by atoms with Crippen molar-refractivity contribution in [2.24, 2.45) is 5.92 Å². The number of nitrogens with one attached hydrogen (secondary N) is 1. The third-order valence-electron chi connectivity index (χ3n) is 3.74. The second-order valence-electron chi connectivity index (χ2n) is 4.64. The predicted octanol–water partition coefficient (Wildman–Crippen LogP) is 3.07. The van der Waals surface area contributed by atoms with E-state index in [2.05, 4.69) is 12.2 Å². The molecule has 3 heteroatoms. The lowest BCUT2D eigenvalue weighted by Gasteiger charge is -2.20. The van der Waals surface area contributed by atoms with Gasteiger partial charge in [0.2, 0.25) is 0 Å². The Hall–Kier alpha value is -0.960. The summed E-state index contributed by atoms with van der Waals surface area (Å²) in [5, 5.41) is 3.26. The number of rotatable bonds is 2. The molecule has 0 amide bonds. The zero-order chi connectivity index (χ0) is 11.7. The molecule has 3 atom stereocenters. The van der Waals surface area contributed by atoms with E-state index in [1.54, 1.807) is 0 Å². The summed E-state index contributed by atoms with van der Waals surface area (Å²) in [6.07, 6.45) is 2.07. The fourth-order valence-electron chi connectivity index (χ4n) is 2.83. The molecule has 0 spiro atoms. The molecule has 1 saturated carbocycles. The third kappa shape index (κ3) is 2.09. The molecular weight excluding hydrogens is 208 g/mol. The number of hydrogen-bond acceptors (Lipinski definition) is 1. The maximum Gasteiger partial charge on any atom is 0.126 e. The van der Waals surface area contributed by atoms with Gasteiger partial charge in [0.1, 0.15) is 11.6 Å². The summed E-state index contributed by atoms with van der Waals surface area (Å²) in [5.41, 5.74) is 0.794. The SMILES string of the molecule is CNC1CCC(c2cc(F)cc(F)c2)C1C. The molecule has 0 aliphatic heterocycles. The molecule has 1 N–H and O–H groups in total. The number of hydrogen-bond donors (Lipinski definition) is 1. The molecule has 1 aromatic carbocycles. The highest BCUT2D eigenvalue weighted by molar-refractivity contribution is 5.24. The highest BCUT2D eigenvalue weighted by Gasteiger charge is 2.32. The van der Waals surface area contributed by atoms with Crippen LogP contribution in [0.4, 0.5) is 8.78 Å². The van der Waals surface area contributed by atoms with Crippen LogP contribution in [0, 0.1) is 17.6 Å². The topological polar surface area (TPSA) is 12.0 Å². The van der Waals surface area contributed by atoms with E-state index >= 15 is 0 Å². The molecule has 0 radical (unpaired) electrons. The summed E-state index contributed by atoms with van der Waals surface area (Å²) in [6, 6.07) is 4.31. The highest BCUT2D eigenvalue weighted by Crippen LogP contribution is 2.39. The van der Waals surface area contributed by atoms with Crippen LogP contribution in [0.15, 0.2) is 18.2 Å². The van der Waals surface area contributed by atoms with Gasteiger partial charge in [-0.3, -0.25) is 0 Å². The first kappa shape index (κ1) is 11.5. The van der Waals surface area contributed by atoms with Gasteiger partial charge in [-0.15, -0.1) is 0 Å². The van der Waals surface area contributed by atoms with Crippen LogP contribution in [-0.4, -0.2) is 13.1 Å². The molecule has 1 aliphatic carbocycles. The normalized spacial score (nSPS) is 29.6. The summed E-state index contributed by atoms with van der Waals surface area (Å²) in [6.45, 7) is 2.14. The van der Waals surface area contributed by atoms with E-state index in [0.717, 1.165) is 24.5 Å². The summed E-state index contributed by atoms with van der Waals surface area (Å²) >= 11 is 0. The van der Waals surface area contributed by atoms with Crippen molar-refractivity contribution in [2.75, 3.05) is 7.05 Å². The molecule has 2 rings (SSSR count). The second-order valence-corrected chi connectivity index (χ2v) is 4.64. The molecule has 1 aliphatic rings. The van der Waals surface area contributed by atoms with Crippen molar-refractivity contribution in [1.82, 2.24) is 5.32 Å². The number of benzene rings is 1. The van der Waals surface area contributed by atoms with Crippen molar-refractivity contribution >= 4 is 0 Å². The molecule has 0 heterocycles. The Balaban J connectivity index is 2.25. The van der Waals surface area contributed by atoms with Gasteiger partial charge < -0.3 is 5.32 Å². The summed E-state index contributed by atoms with van der Waals surface area (Å²) in [5.74, 6) is -0.265. The van der Waals surface area contributed by atoms with Crippen LogP contribution in [0.25, 0.3) is 0 Å². The van der Waals surface area contributed by atoms with Crippen LogP contribution >= 0.6 is 0 Å². The summed E-state index contributed by atoms with van der Waals surface area (Å²) < 4.78 is 26.3. The van der Waals surface area contributed by atoms with Gasteiger partial charge in [0.25, 0.3) is 0 Å². The third-order valence-corrected chi connectivity index (χ3v) is 3.74. The van der Waals surface area contributed by atoms with Crippen molar-refractivity contribution < 1.29 is 8.78 Å². The Kier molecular flexibility index (Phi) is 3.24. The van der Waals surface area contributed by atoms with Gasteiger partial charge in [-0.25, -0.2) is 8.78 Å². The quantitative estimate of drug-likeness (QED) is 0.815. The zero-order valence-electron chi connectivity index (χ0n) is 9.63. The first-order valence-electron chi connectivity index (χ1n) is 5.75. The zero-order valence-corrected chi connectivity index (χ0v) is 9.63. The van der Waals surface area contributed by atoms with Gasteiger partial charge in [-0.2, -0.15) is 0 Å². The fourth-order valence-corrected chi connectivity index (χ4v) is 2.83. The van der Waals surface area contributed by atoms with Crippen molar-refractivity contribution in [3.05, 3.63) is 35.4 Å². The molecular formula is C13H17F2N. The van der Waals surface area contributed by atoms with Gasteiger partial charge in [-0.1, -0.05) is 6.92 Å². The fraction of sp³-hybridized carbons (Fsp3) is 0.538. The van der Waals surface area contributed by atoms with Gasteiger partial charge in [0.05, 0.1) is 0 Å². The highest BCUT2D eigenvalue weighted by atomic mass is 19.1. The Morgan fingerprint density at radius 3 is 2.25 bits per heavy atom. The van der Waals surface area contributed by atoms with Crippen LogP contribution in [0.1, 0.15) is 31.2 Å². The Bertz CT molecular complexity index is 358. The van der Waals surface area contributed by atoms with E-state index in [1.165, 1.54) is 12.1 Å². The molecule has 3 unspecified atom stereocenters. The van der Waals surface area contributed by atoms with Gasteiger partial charge >= 0.3 is 0 Å². The van der Waals surface area contributed by atoms with Crippen molar-refractivity contribution in [3.8, 4) is 0 Å². The molecule has 1 nitrogen and oxygen atoms in total. The largest absolute Gasteiger partial charge is 0.317 e. The van der Waals surface area contributed by atoms with Gasteiger partial charge in [0, 0.05) is 12.1 Å². The van der Waals surface area contributed by atoms with Crippen LogP contribution in [0.2, 0.25) is 0 Å². The van der Waals surface area contributed by atoms with E-state index in [-0.39, 0.29) is 5.92 Å². The minimum absolute atomic E-state index is 0.266. The second kappa shape index (κ2) is 4.50. The Morgan fingerprint density at radius 1 is 1.12 bits per heavy atom. The smallest absolute Gasteiger partial charge is 0.126 e. The van der Waals surface area contributed by atoms with E-state index in [0.29, 0.717) is 12.0 Å². The minimum atomic E-state index is -0.477. The summed E-state index contributed by atoms with van der Waals surface area (Å²) in [7, 11) is 1.94. The standard InChI is InChI=1S/C13H17F2N/c1-8-12(3-4-13(8)16-2)9-5-10(14)7-11(15)6-9/h5-8,12-13,16H,3-4H2,1-2H3. The first-order valence-corrected chi connectivity index (χ1v) is 5.75. The van der Waals surface area contributed by atoms with E-state index in [4.69, 9.17) is 0 Å². The van der Waals surface area contributed by atoms with Crippen molar-refractivity contribution in [2.45, 2.75) is 31.7 Å². The van der Waals surface area contributed by atoms with Crippen LogP contribution in [0.3, 0.4) is 0 Å². The predicted molar refractivity (Wildman–Crippen MR) is 60.3 cm³/mol. The molecule has 16 heavy (non-hydrogen) atoms. The van der Waals surface area contributed by atoms with Crippen molar-refractivity contribution in [3.63, 3.8) is 0 Å². The lowest BCUT2D eigenvalue weighted by atomic mass is 9.89. The van der Waals surface area contributed by atoms with E-state index in [9.17, 15) is 8.78 Å². The average molecular weight is 225 g/mol. The molecule has 0 saturated heterocycles. The van der Waals surface area contributed by atoms with Crippen LogP contribution in [0.5, 0.6) is 0 Å². The van der Waals surface area contributed by atoms with Gasteiger partial charge in [0.15, 0.2) is 0 Å². The number of halogens is 2. The lowest BCUT2D eigenvalue weighted by molar-refractivity contribution is 0.426. The van der Waals surface area contributed by atoms with Crippen LogP contribution in [-0.2, 0) is 0 Å². The molecule has 0 aromatic heterocycles. The molecule has 1 aromatic rings. The maximum absolute atomic E-state index is 13.1. The Labute approximate surface area is 94.9 Å². The monoisotopic (exact) mass is 225 g/mol. The summed E-state index contributed by atoms with van der Waals surface area (Å²) in [4.78, 5) is 0. The molecule has 1 fully saturated rings. The first-order chi connectivity index (χ1) is 7.61. The average Bonchev–Trinajstić information content (AvgIpc) is 2.58. The van der Waals surface area contributed by atoms with E-state index < -0.39 is 11.6 Å². The Morgan fingerprint density at radius 2 is 1.75 bits per heavy atom. The maximum atomic E-state index is 13.1. The molecule has 0 bridgehead atoms. The molecule has 88 valence electrons. The van der Waals surface area contributed by atoms with Crippen LogP contribution < -0.4 is 5.32 Å². The van der Waals surface area contributed by atoms with Gasteiger partial charge in [-0.05, 0) is 49.4 Å².